The molecule has 0 bridgehead atoms. The maximum absolute atomic E-state index is 12.2. The van der Waals surface area contributed by atoms with Gasteiger partial charge in [0.05, 0.1) is 5.69 Å². The van der Waals surface area contributed by atoms with Gasteiger partial charge in [-0.25, -0.2) is 9.97 Å². The number of amides is 1. The number of nitrogens with zero attached hydrogens (tertiary/aromatic N) is 4. The molecular weight excluding hydrogens is 350 g/mol. The second kappa shape index (κ2) is 8.17. The number of aromatic nitrogens is 2. The van der Waals surface area contributed by atoms with Crippen molar-refractivity contribution in [3.8, 4) is 11.3 Å². The Morgan fingerprint density at radius 1 is 1.11 bits per heavy atom. The lowest BCUT2D eigenvalue weighted by Crippen LogP contribution is -2.40. The predicted molar refractivity (Wildman–Crippen MR) is 112 cm³/mol. The van der Waals surface area contributed by atoms with Crippen molar-refractivity contribution in [3.63, 3.8) is 0 Å². The van der Waals surface area contributed by atoms with Crippen molar-refractivity contribution in [1.82, 2.24) is 14.9 Å². The molecule has 1 aliphatic carbocycles. The second-order valence-corrected chi connectivity index (χ2v) is 8.13. The Morgan fingerprint density at radius 3 is 2.46 bits per heavy atom. The van der Waals surface area contributed by atoms with Crippen LogP contribution in [0, 0.1) is 11.8 Å². The third-order valence-electron chi connectivity index (χ3n) is 5.74. The summed E-state index contributed by atoms with van der Waals surface area (Å²) in [4.78, 5) is 25.4. The second-order valence-electron chi connectivity index (χ2n) is 8.13. The van der Waals surface area contributed by atoms with Gasteiger partial charge in [-0.1, -0.05) is 12.1 Å². The number of rotatable bonds is 6. The van der Waals surface area contributed by atoms with Gasteiger partial charge >= 0.3 is 0 Å². The highest BCUT2D eigenvalue weighted by molar-refractivity contribution is 5.81. The van der Waals surface area contributed by atoms with Gasteiger partial charge in [0.15, 0.2) is 0 Å². The summed E-state index contributed by atoms with van der Waals surface area (Å²) in [6, 6.07) is 10.3. The molecule has 1 aliphatic heterocycles. The molecule has 2 heterocycles. The lowest BCUT2D eigenvalue weighted by Gasteiger charge is -2.32. The number of hydrogen-bond donors (Lipinski definition) is 1. The zero-order valence-electron chi connectivity index (χ0n) is 16.8. The third-order valence-corrected chi connectivity index (χ3v) is 5.74. The Bertz CT molecular complexity index is 808. The number of hydrogen-bond acceptors (Lipinski definition) is 5. The lowest BCUT2D eigenvalue weighted by molar-refractivity contribution is -0.133. The molecule has 1 aromatic carbocycles. The number of benzene rings is 1. The van der Waals surface area contributed by atoms with E-state index in [1.165, 1.54) is 5.69 Å². The largest absolute Gasteiger partial charge is 0.378 e. The summed E-state index contributed by atoms with van der Waals surface area (Å²) in [6.07, 6.45) is 6.09. The molecule has 6 nitrogen and oxygen atoms in total. The molecule has 0 spiro atoms. The third kappa shape index (κ3) is 4.43. The summed E-state index contributed by atoms with van der Waals surface area (Å²) >= 11 is 0. The molecule has 1 amide bonds. The van der Waals surface area contributed by atoms with Gasteiger partial charge in [-0.15, -0.1) is 0 Å². The number of nitrogens with one attached hydrogen (secondary N) is 1. The molecule has 1 N–H and O–H groups in total. The fourth-order valence-corrected chi connectivity index (χ4v) is 3.72. The van der Waals surface area contributed by atoms with Crippen LogP contribution < -0.4 is 10.2 Å². The van der Waals surface area contributed by atoms with Crippen LogP contribution in [0.5, 0.6) is 0 Å². The lowest BCUT2D eigenvalue weighted by atomic mass is 9.96. The molecule has 2 aliphatic rings. The normalized spacial score (nSPS) is 17.4. The highest BCUT2D eigenvalue weighted by Gasteiger charge is 2.34. The molecule has 0 atom stereocenters. The van der Waals surface area contributed by atoms with Crippen LogP contribution in [0.2, 0.25) is 0 Å². The molecule has 0 radical (unpaired) electrons. The van der Waals surface area contributed by atoms with Crippen LogP contribution in [0.25, 0.3) is 11.3 Å². The Hall–Kier alpha value is -2.63. The quantitative estimate of drug-likeness (QED) is 0.835. The van der Waals surface area contributed by atoms with Gasteiger partial charge in [0.1, 0.15) is 0 Å². The fraction of sp³-hybridized carbons (Fsp3) is 0.500. The summed E-state index contributed by atoms with van der Waals surface area (Å²) < 4.78 is 0. The van der Waals surface area contributed by atoms with Crippen molar-refractivity contribution in [1.29, 1.82) is 0 Å². The maximum Gasteiger partial charge on any atom is 0.225 e. The molecule has 1 saturated carbocycles. The van der Waals surface area contributed by atoms with Gasteiger partial charge in [0.2, 0.25) is 11.9 Å². The van der Waals surface area contributed by atoms with Crippen molar-refractivity contribution in [2.75, 3.05) is 43.9 Å². The first-order valence-corrected chi connectivity index (χ1v) is 10.2. The Labute approximate surface area is 167 Å². The van der Waals surface area contributed by atoms with Crippen LogP contribution >= 0.6 is 0 Å². The SMILES string of the molecule is CN(C)c1ccc(-c2ccnc(NCC3CCN(C(=O)C4CC4)CC3)n2)cc1. The number of likely N-dealkylation sites (tertiary alicyclic amines) is 1. The molecule has 0 unspecified atom stereocenters. The van der Waals surface area contributed by atoms with E-state index < -0.39 is 0 Å². The number of carbonyl (C=O) groups is 1. The first kappa shape index (κ1) is 18.7. The molecule has 28 heavy (non-hydrogen) atoms. The van der Waals surface area contributed by atoms with Crippen LogP contribution in [0.15, 0.2) is 36.5 Å². The minimum absolute atomic E-state index is 0.331. The van der Waals surface area contributed by atoms with Crippen LogP contribution in [-0.4, -0.2) is 54.5 Å². The minimum atomic E-state index is 0.331. The average Bonchev–Trinajstić information content (AvgIpc) is 3.58. The van der Waals surface area contributed by atoms with Gasteiger partial charge < -0.3 is 15.1 Å². The molecule has 1 aromatic heterocycles. The van der Waals surface area contributed by atoms with Gasteiger partial charge in [-0.3, -0.25) is 4.79 Å². The van der Waals surface area contributed by atoms with Gasteiger partial charge in [-0.2, -0.15) is 0 Å². The average molecular weight is 380 g/mol. The van der Waals surface area contributed by atoms with E-state index in [1.807, 2.05) is 20.2 Å². The molecule has 4 rings (SSSR count). The minimum Gasteiger partial charge on any atom is -0.378 e. The monoisotopic (exact) mass is 379 g/mol. The summed E-state index contributed by atoms with van der Waals surface area (Å²) in [7, 11) is 4.07. The van der Waals surface area contributed by atoms with Crippen molar-refractivity contribution >= 4 is 17.5 Å². The molecule has 2 aromatic rings. The zero-order chi connectivity index (χ0) is 19.5. The molecule has 1 saturated heterocycles. The summed E-state index contributed by atoms with van der Waals surface area (Å²) in [6.45, 7) is 2.64. The van der Waals surface area contributed by atoms with Gasteiger partial charge in [0.25, 0.3) is 0 Å². The van der Waals surface area contributed by atoms with E-state index in [4.69, 9.17) is 0 Å². The smallest absolute Gasteiger partial charge is 0.225 e. The fourth-order valence-electron chi connectivity index (χ4n) is 3.72. The molecular formula is C22H29N5O. The summed E-state index contributed by atoms with van der Waals surface area (Å²) in [5.41, 5.74) is 3.18. The van der Waals surface area contributed by atoms with Crippen LogP contribution in [-0.2, 0) is 4.79 Å². The topological polar surface area (TPSA) is 61.4 Å². The van der Waals surface area contributed by atoms with E-state index in [0.29, 0.717) is 23.7 Å². The Balaban J connectivity index is 1.31. The Kier molecular flexibility index (Phi) is 5.46. The van der Waals surface area contributed by atoms with Crippen molar-refractivity contribution < 1.29 is 4.79 Å². The molecule has 148 valence electrons. The van der Waals surface area contributed by atoms with Crippen molar-refractivity contribution in [2.24, 2.45) is 11.8 Å². The first-order chi connectivity index (χ1) is 13.6. The maximum atomic E-state index is 12.2. The number of anilines is 2. The van der Waals surface area contributed by atoms with E-state index >= 15 is 0 Å². The number of carbonyl (C=O) groups excluding carboxylic acids is 1. The molecule has 2 fully saturated rings. The van der Waals surface area contributed by atoms with E-state index in [2.05, 4.69) is 49.4 Å². The molecule has 6 heteroatoms. The van der Waals surface area contributed by atoms with E-state index in [9.17, 15) is 4.79 Å². The van der Waals surface area contributed by atoms with Crippen LogP contribution in [0.3, 0.4) is 0 Å². The highest BCUT2D eigenvalue weighted by atomic mass is 16.2. The van der Waals surface area contributed by atoms with Crippen molar-refractivity contribution in [2.45, 2.75) is 25.7 Å². The summed E-state index contributed by atoms with van der Waals surface area (Å²) in [5.74, 6) is 1.95. The van der Waals surface area contributed by atoms with E-state index in [0.717, 1.165) is 56.6 Å². The van der Waals surface area contributed by atoms with Gasteiger partial charge in [-0.05, 0) is 49.8 Å². The number of piperidine rings is 1. The first-order valence-electron chi connectivity index (χ1n) is 10.2. The van der Waals surface area contributed by atoms with Crippen LogP contribution in [0.4, 0.5) is 11.6 Å². The predicted octanol–water partition coefficient (Wildman–Crippen LogP) is 3.27. The Morgan fingerprint density at radius 2 is 1.82 bits per heavy atom. The highest BCUT2D eigenvalue weighted by Crippen LogP contribution is 2.32. The zero-order valence-corrected chi connectivity index (χ0v) is 16.8. The van der Waals surface area contributed by atoms with Crippen LogP contribution in [0.1, 0.15) is 25.7 Å². The van der Waals surface area contributed by atoms with E-state index in [-0.39, 0.29) is 0 Å². The van der Waals surface area contributed by atoms with Crippen molar-refractivity contribution in [3.05, 3.63) is 36.5 Å². The summed E-state index contributed by atoms with van der Waals surface area (Å²) in [5, 5.41) is 3.40. The van der Waals surface area contributed by atoms with E-state index in [1.54, 1.807) is 6.20 Å². The van der Waals surface area contributed by atoms with Gasteiger partial charge in [0, 0.05) is 57.1 Å². The standard InChI is InChI=1S/C22H29N5O/c1-26(2)19-7-5-17(6-8-19)20-9-12-23-22(25-20)24-15-16-10-13-27(14-11-16)21(28)18-3-4-18/h5-9,12,16,18H,3-4,10-11,13-15H2,1-2H3,(H,23,24,25).